The van der Waals surface area contributed by atoms with Gasteiger partial charge in [-0.2, -0.15) is 0 Å². The average molecular weight is 456 g/mol. The minimum Gasteiger partial charge on any atom is -0.493 e. The van der Waals surface area contributed by atoms with Crippen LogP contribution in [0.15, 0.2) is 41.7 Å². The summed E-state index contributed by atoms with van der Waals surface area (Å²) in [5, 5.41) is 3.13. The molecule has 0 fully saturated rings. The van der Waals surface area contributed by atoms with Gasteiger partial charge in [-0.1, -0.05) is 6.07 Å². The van der Waals surface area contributed by atoms with Crippen LogP contribution in [0.2, 0.25) is 0 Å². The molecule has 136 valence electrons. The molecular weight excluding hydrogens is 431 g/mol. The summed E-state index contributed by atoms with van der Waals surface area (Å²) in [6, 6.07) is 7.72. The number of nitrogens with zero attached hydrogens (tertiary/aromatic N) is 2. The standard InChI is InChI=1S/C18H24N4O2.HI/c1-13-11-20-8-6-15(13)7-9-21-18(19)22-12-14-4-5-16(23-2)17(10-14)24-3;/h4-6,8,10-11H,7,9,12H2,1-3H3,(H3,19,21,22);1H. The van der Waals surface area contributed by atoms with Crippen LogP contribution in [-0.4, -0.2) is 31.7 Å². The zero-order valence-electron chi connectivity index (χ0n) is 14.8. The average Bonchev–Trinajstić information content (AvgIpc) is 2.61. The fourth-order valence-electron chi connectivity index (χ4n) is 2.32. The lowest BCUT2D eigenvalue weighted by Gasteiger charge is -2.09. The van der Waals surface area contributed by atoms with Crippen LogP contribution in [0.5, 0.6) is 11.5 Å². The first kappa shape index (κ1) is 21.0. The highest BCUT2D eigenvalue weighted by Crippen LogP contribution is 2.27. The molecule has 1 heterocycles. The van der Waals surface area contributed by atoms with Crippen molar-refractivity contribution in [3.8, 4) is 11.5 Å². The van der Waals surface area contributed by atoms with E-state index in [0.29, 0.717) is 24.0 Å². The van der Waals surface area contributed by atoms with E-state index < -0.39 is 0 Å². The van der Waals surface area contributed by atoms with Crippen molar-refractivity contribution in [1.29, 1.82) is 0 Å². The van der Waals surface area contributed by atoms with Crippen molar-refractivity contribution in [2.45, 2.75) is 19.9 Å². The molecule has 0 aliphatic rings. The highest BCUT2D eigenvalue weighted by atomic mass is 127. The Bertz CT molecular complexity index is 707. The fourth-order valence-corrected chi connectivity index (χ4v) is 2.32. The van der Waals surface area contributed by atoms with Crippen molar-refractivity contribution in [3.05, 3.63) is 53.3 Å². The summed E-state index contributed by atoms with van der Waals surface area (Å²) in [5.74, 6) is 1.81. The van der Waals surface area contributed by atoms with E-state index in [4.69, 9.17) is 15.2 Å². The molecule has 1 aromatic heterocycles. The number of ether oxygens (including phenoxy) is 2. The number of nitrogens with two attached hydrogens (primary N) is 1. The van der Waals surface area contributed by atoms with E-state index in [-0.39, 0.29) is 24.0 Å². The zero-order chi connectivity index (χ0) is 17.4. The Hall–Kier alpha value is -2.03. The lowest BCUT2D eigenvalue weighted by atomic mass is 10.1. The minimum absolute atomic E-state index is 0. The normalized spacial score (nSPS) is 10.8. The van der Waals surface area contributed by atoms with E-state index in [1.165, 1.54) is 11.1 Å². The van der Waals surface area contributed by atoms with Crippen molar-refractivity contribution in [1.82, 2.24) is 10.3 Å². The molecule has 25 heavy (non-hydrogen) atoms. The molecule has 0 amide bonds. The van der Waals surface area contributed by atoms with Crippen LogP contribution in [0.4, 0.5) is 0 Å². The van der Waals surface area contributed by atoms with Crippen molar-refractivity contribution in [2.24, 2.45) is 10.7 Å². The van der Waals surface area contributed by atoms with Crippen LogP contribution < -0.4 is 20.5 Å². The number of guanidine groups is 1. The van der Waals surface area contributed by atoms with Crippen molar-refractivity contribution in [3.63, 3.8) is 0 Å². The van der Waals surface area contributed by atoms with Gasteiger partial charge in [-0.25, -0.2) is 4.99 Å². The fraction of sp³-hybridized carbons (Fsp3) is 0.333. The van der Waals surface area contributed by atoms with E-state index in [0.717, 1.165) is 18.5 Å². The Morgan fingerprint density at radius 1 is 1.20 bits per heavy atom. The van der Waals surface area contributed by atoms with Gasteiger partial charge in [0.25, 0.3) is 0 Å². The SMILES string of the molecule is COc1ccc(CN=C(N)NCCc2ccncc2C)cc1OC.I. The monoisotopic (exact) mass is 456 g/mol. The number of nitrogens with one attached hydrogen (secondary N) is 1. The number of methoxy groups -OCH3 is 2. The Morgan fingerprint density at radius 2 is 1.96 bits per heavy atom. The molecule has 0 radical (unpaired) electrons. The number of benzene rings is 1. The second kappa shape index (κ2) is 10.8. The van der Waals surface area contributed by atoms with E-state index in [9.17, 15) is 0 Å². The molecule has 3 N–H and O–H groups in total. The summed E-state index contributed by atoms with van der Waals surface area (Å²) in [4.78, 5) is 8.44. The van der Waals surface area contributed by atoms with Crippen molar-refractivity contribution < 1.29 is 9.47 Å². The van der Waals surface area contributed by atoms with Crippen LogP contribution in [0.1, 0.15) is 16.7 Å². The predicted octanol–water partition coefficient (Wildman–Crippen LogP) is 2.67. The molecule has 0 saturated carbocycles. The number of aliphatic imine (C=N–C) groups is 1. The number of rotatable bonds is 7. The molecular formula is C18H25IN4O2. The summed E-state index contributed by atoms with van der Waals surface area (Å²) in [5.41, 5.74) is 9.36. The van der Waals surface area contributed by atoms with Gasteiger partial charge in [0, 0.05) is 18.9 Å². The predicted molar refractivity (Wildman–Crippen MR) is 111 cm³/mol. The second-order valence-electron chi connectivity index (χ2n) is 5.37. The van der Waals surface area contributed by atoms with Crippen LogP contribution in [0, 0.1) is 6.92 Å². The largest absolute Gasteiger partial charge is 0.493 e. The molecule has 0 unspecified atom stereocenters. The maximum absolute atomic E-state index is 5.92. The van der Waals surface area contributed by atoms with Crippen molar-refractivity contribution >= 4 is 29.9 Å². The Balaban J connectivity index is 0.00000312. The summed E-state index contributed by atoms with van der Waals surface area (Å²) in [7, 11) is 3.23. The zero-order valence-corrected chi connectivity index (χ0v) is 17.1. The van der Waals surface area contributed by atoms with Gasteiger partial charge in [0.15, 0.2) is 17.5 Å². The van der Waals surface area contributed by atoms with Gasteiger partial charge >= 0.3 is 0 Å². The summed E-state index contributed by atoms with van der Waals surface area (Å²) in [6.45, 7) is 3.26. The lowest BCUT2D eigenvalue weighted by Crippen LogP contribution is -2.33. The molecule has 0 aliphatic carbocycles. The van der Waals surface area contributed by atoms with Crippen molar-refractivity contribution in [2.75, 3.05) is 20.8 Å². The first-order chi connectivity index (χ1) is 11.6. The smallest absolute Gasteiger partial charge is 0.188 e. The molecule has 0 atom stereocenters. The number of halogens is 1. The molecule has 7 heteroatoms. The number of aryl methyl sites for hydroxylation is 1. The Kier molecular flexibility index (Phi) is 9.04. The summed E-state index contributed by atoms with van der Waals surface area (Å²) < 4.78 is 10.5. The van der Waals surface area contributed by atoms with Gasteiger partial charge in [0.2, 0.25) is 0 Å². The highest BCUT2D eigenvalue weighted by molar-refractivity contribution is 14.0. The van der Waals surface area contributed by atoms with Crippen LogP contribution in [-0.2, 0) is 13.0 Å². The molecule has 2 aromatic rings. The third-order valence-electron chi connectivity index (χ3n) is 3.72. The maximum atomic E-state index is 5.92. The van der Waals surface area contributed by atoms with E-state index in [2.05, 4.69) is 22.2 Å². The summed E-state index contributed by atoms with van der Waals surface area (Å²) in [6.07, 6.45) is 4.54. The third kappa shape index (κ3) is 6.41. The quantitative estimate of drug-likeness (QED) is 0.381. The van der Waals surface area contributed by atoms with Crippen LogP contribution in [0.25, 0.3) is 0 Å². The molecule has 0 spiro atoms. The maximum Gasteiger partial charge on any atom is 0.188 e. The summed E-state index contributed by atoms with van der Waals surface area (Å²) >= 11 is 0. The Labute approximate surface area is 165 Å². The Morgan fingerprint density at radius 3 is 2.64 bits per heavy atom. The number of hydrogen-bond donors (Lipinski definition) is 2. The molecule has 2 rings (SSSR count). The molecule has 1 aromatic carbocycles. The number of pyridine rings is 1. The van der Waals surface area contributed by atoms with Gasteiger partial charge in [-0.05, 0) is 48.2 Å². The molecule has 6 nitrogen and oxygen atoms in total. The highest BCUT2D eigenvalue weighted by Gasteiger charge is 2.04. The van der Waals surface area contributed by atoms with Gasteiger partial charge in [0.05, 0.1) is 20.8 Å². The van der Waals surface area contributed by atoms with E-state index >= 15 is 0 Å². The molecule has 0 bridgehead atoms. The van der Waals surface area contributed by atoms with E-state index in [1.807, 2.05) is 30.5 Å². The first-order valence-electron chi connectivity index (χ1n) is 7.78. The van der Waals surface area contributed by atoms with E-state index in [1.54, 1.807) is 20.4 Å². The van der Waals surface area contributed by atoms with Crippen LogP contribution in [0.3, 0.4) is 0 Å². The minimum atomic E-state index is 0. The number of hydrogen-bond acceptors (Lipinski definition) is 4. The number of aromatic nitrogens is 1. The van der Waals surface area contributed by atoms with Crippen LogP contribution >= 0.6 is 24.0 Å². The second-order valence-corrected chi connectivity index (χ2v) is 5.37. The van der Waals surface area contributed by atoms with Gasteiger partial charge in [-0.3, -0.25) is 4.98 Å². The first-order valence-corrected chi connectivity index (χ1v) is 7.78. The van der Waals surface area contributed by atoms with Gasteiger partial charge in [0.1, 0.15) is 0 Å². The third-order valence-corrected chi connectivity index (χ3v) is 3.72. The molecule has 0 saturated heterocycles. The lowest BCUT2D eigenvalue weighted by molar-refractivity contribution is 0.354. The van der Waals surface area contributed by atoms with Gasteiger partial charge in [-0.15, -0.1) is 24.0 Å². The molecule has 0 aliphatic heterocycles. The van der Waals surface area contributed by atoms with Gasteiger partial charge < -0.3 is 20.5 Å². The topological polar surface area (TPSA) is 81.8 Å².